The van der Waals surface area contributed by atoms with Crippen LogP contribution in [0.4, 0.5) is 0 Å². The number of hydrogen-bond donors (Lipinski definition) is 1. The summed E-state index contributed by atoms with van der Waals surface area (Å²) in [6, 6.07) is 0. The molecule has 0 bridgehead atoms. The summed E-state index contributed by atoms with van der Waals surface area (Å²) < 4.78 is 10.9. The van der Waals surface area contributed by atoms with Crippen LogP contribution in [0.25, 0.3) is 0 Å². The minimum atomic E-state index is -0.153. The summed E-state index contributed by atoms with van der Waals surface area (Å²) >= 11 is 0. The molecule has 17 heavy (non-hydrogen) atoms. The van der Waals surface area contributed by atoms with Gasteiger partial charge in [-0.2, -0.15) is 0 Å². The summed E-state index contributed by atoms with van der Waals surface area (Å²) in [4.78, 5) is 0. The summed E-state index contributed by atoms with van der Waals surface area (Å²) in [5.41, 5.74) is 0. The second-order valence-electron chi connectivity index (χ2n) is 4.63. The van der Waals surface area contributed by atoms with E-state index in [0.29, 0.717) is 18.5 Å². The molecule has 1 heterocycles. The highest BCUT2D eigenvalue weighted by Crippen LogP contribution is 2.18. The van der Waals surface area contributed by atoms with E-state index in [1.807, 2.05) is 12.2 Å². The van der Waals surface area contributed by atoms with Gasteiger partial charge in [0.2, 0.25) is 0 Å². The number of rotatable bonds is 8. The Morgan fingerprint density at radius 1 is 1.53 bits per heavy atom. The van der Waals surface area contributed by atoms with Gasteiger partial charge in [-0.25, -0.2) is 0 Å². The summed E-state index contributed by atoms with van der Waals surface area (Å²) in [6.07, 6.45) is 9.99. The van der Waals surface area contributed by atoms with Gasteiger partial charge in [0.05, 0.1) is 6.61 Å². The maximum Gasteiger partial charge on any atom is 0.279 e. The van der Waals surface area contributed by atoms with Crippen LogP contribution in [-0.2, 0) is 9.47 Å². The van der Waals surface area contributed by atoms with Gasteiger partial charge < -0.3 is 14.6 Å². The average molecular weight is 240 g/mol. The lowest BCUT2D eigenvalue weighted by molar-refractivity contribution is -0.0332. The van der Waals surface area contributed by atoms with Crippen LogP contribution in [0.3, 0.4) is 0 Å². The lowest BCUT2D eigenvalue weighted by Crippen LogP contribution is -2.22. The first kappa shape index (κ1) is 14.1. The molecule has 0 amide bonds. The molecule has 0 aromatic heterocycles. The first-order chi connectivity index (χ1) is 8.26. The van der Waals surface area contributed by atoms with Gasteiger partial charge >= 0.3 is 0 Å². The molecule has 3 heteroatoms. The van der Waals surface area contributed by atoms with Crippen molar-refractivity contribution >= 4 is 0 Å². The predicted octanol–water partition coefficient (Wildman–Crippen LogP) is 3.01. The largest absolute Gasteiger partial charge is 0.461 e. The molecule has 0 spiro atoms. The fraction of sp³-hybridized carbons (Fsp3) is 0.714. The molecular weight excluding hydrogens is 216 g/mol. The van der Waals surface area contributed by atoms with Crippen molar-refractivity contribution in [2.75, 3.05) is 13.2 Å². The zero-order valence-corrected chi connectivity index (χ0v) is 10.9. The van der Waals surface area contributed by atoms with E-state index < -0.39 is 0 Å². The lowest BCUT2D eigenvalue weighted by atomic mass is 9.98. The number of ether oxygens (including phenoxy) is 2. The van der Waals surface area contributed by atoms with Crippen LogP contribution in [0.5, 0.6) is 0 Å². The molecule has 0 aromatic rings. The third-order valence-electron chi connectivity index (χ3n) is 2.89. The fourth-order valence-electron chi connectivity index (χ4n) is 1.90. The predicted molar refractivity (Wildman–Crippen MR) is 68.4 cm³/mol. The van der Waals surface area contributed by atoms with Gasteiger partial charge in [-0.05, 0) is 18.4 Å². The fourth-order valence-corrected chi connectivity index (χ4v) is 1.90. The second kappa shape index (κ2) is 8.18. The maximum atomic E-state index is 9.31. The molecule has 1 aliphatic rings. The molecule has 0 aromatic carbocycles. The zero-order chi connectivity index (χ0) is 12.5. The van der Waals surface area contributed by atoms with Gasteiger partial charge in [0.15, 0.2) is 0 Å². The number of aliphatic hydroxyl groups is 1. The Labute approximate surface area is 104 Å². The van der Waals surface area contributed by atoms with E-state index >= 15 is 0 Å². The smallest absolute Gasteiger partial charge is 0.279 e. The molecule has 2 atom stereocenters. The van der Waals surface area contributed by atoms with Crippen LogP contribution in [0.15, 0.2) is 24.2 Å². The van der Waals surface area contributed by atoms with Gasteiger partial charge in [0.25, 0.3) is 5.95 Å². The van der Waals surface area contributed by atoms with Crippen LogP contribution >= 0.6 is 0 Å². The first-order valence-corrected chi connectivity index (χ1v) is 6.53. The highest BCUT2D eigenvalue weighted by molar-refractivity contribution is 5.07. The minimum Gasteiger partial charge on any atom is -0.461 e. The average Bonchev–Trinajstić information content (AvgIpc) is 2.36. The third kappa shape index (κ3) is 5.78. The van der Waals surface area contributed by atoms with Crippen molar-refractivity contribution in [3.63, 3.8) is 0 Å². The van der Waals surface area contributed by atoms with Crippen LogP contribution < -0.4 is 0 Å². The normalized spacial score (nSPS) is 18.2. The van der Waals surface area contributed by atoms with Crippen LogP contribution in [0.2, 0.25) is 0 Å². The molecule has 1 unspecified atom stereocenters. The minimum absolute atomic E-state index is 0.0425. The Bertz CT molecular complexity index is 258. The Hall–Kier alpha value is -0.960. The van der Waals surface area contributed by atoms with Crippen molar-refractivity contribution in [3.8, 4) is 0 Å². The highest BCUT2D eigenvalue weighted by Gasteiger charge is 2.16. The topological polar surface area (TPSA) is 38.7 Å². The quantitative estimate of drug-likeness (QED) is 0.709. The first-order valence-electron chi connectivity index (χ1n) is 6.53. The monoisotopic (exact) mass is 240 g/mol. The van der Waals surface area contributed by atoms with Gasteiger partial charge in [-0.3, -0.25) is 0 Å². The number of aliphatic hydroxyl groups excluding tert-OH is 1. The molecule has 0 saturated carbocycles. The standard InChI is InChI=1S/C14H24O3/c1-3-4-7-12(2)10-13(11-15)17-14-8-5-6-9-16-14/h5-6,8,12-13,15H,3-4,7,9-11H2,1-2H3/t12-,13?/m0/s1. The van der Waals surface area contributed by atoms with E-state index in [2.05, 4.69) is 13.8 Å². The molecule has 3 nitrogen and oxygen atoms in total. The van der Waals surface area contributed by atoms with Crippen molar-refractivity contribution in [1.29, 1.82) is 0 Å². The van der Waals surface area contributed by atoms with Crippen molar-refractivity contribution in [2.45, 2.75) is 45.6 Å². The molecule has 98 valence electrons. The van der Waals surface area contributed by atoms with E-state index in [4.69, 9.17) is 9.47 Å². The molecule has 1 aliphatic heterocycles. The summed E-state index contributed by atoms with van der Waals surface area (Å²) in [7, 11) is 0. The summed E-state index contributed by atoms with van der Waals surface area (Å²) in [5, 5.41) is 9.31. The molecule has 1 N–H and O–H groups in total. The number of hydrogen-bond acceptors (Lipinski definition) is 3. The van der Waals surface area contributed by atoms with Crippen LogP contribution in [-0.4, -0.2) is 24.4 Å². The number of allylic oxidation sites excluding steroid dienone is 2. The van der Waals surface area contributed by atoms with Gasteiger partial charge in [0.1, 0.15) is 12.7 Å². The zero-order valence-electron chi connectivity index (χ0n) is 10.9. The van der Waals surface area contributed by atoms with Gasteiger partial charge in [0, 0.05) is 6.08 Å². The Morgan fingerprint density at radius 2 is 2.35 bits per heavy atom. The summed E-state index contributed by atoms with van der Waals surface area (Å²) in [5.74, 6) is 1.10. The van der Waals surface area contributed by atoms with Crippen molar-refractivity contribution < 1.29 is 14.6 Å². The molecule has 0 radical (unpaired) electrons. The maximum absolute atomic E-state index is 9.31. The lowest BCUT2D eigenvalue weighted by Gasteiger charge is -2.22. The van der Waals surface area contributed by atoms with E-state index in [0.717, 1.165) is 6.42 Å². The van der Waals surface area contributed by atoms with Crippen LogP contribution in [0, 0.1) is 5.92 Å². The molecular formula is C14H24O3. The third-order valence-corrected chi connectivity index (χ3v) is 2.89. The molecule has 0 fully saturated rings. The van der Waals surface area contributed by atoms with E-state index in [-0.39, 0.29) is 12.7 Å². The van der Waals surface area contributed by atoms with Gasteiger partial charge in [-0.15, -0.1) is 0 Å². The second-order valence-corrected chi connectivity index (χ2v) is 4.63. The van der Waals surface area contributed by atoms with Crippen molar-refractivity contribution in [3.05, 3.63) is 24.2 Å². The SMILES string of the molecule is CCCC[C@H](C)CC(CO)OC1=CC=CCO1. The van der Waals surface area contributed by atoms with E-state index in [1.54, 1.807) is 6.08 Å². The summed E-state index contributed by atoms with van der Waals surface area (Å²) in [6.45, 7) is 4.99. The Balaban J connectivity index is 2.32. The molecule has 1 rings (SSSR count). The molecule has 0 aliphatic carbocycles. The Morgan fingerprint density at radius 3 is 2.94 bits per heavy atom. The molecule has 0 saturated heterocycles. The van der Waals surface area contributed by atoms with Crippen molar-refractivity contribution in [1.82, 2.24) is 0 Å². The van der Waals surface area contributed by atoms with E-state index in [1.165, 1.54) is 19.3 Å². The highest BCUT2D eigenvalue weighted by atomic mass is 16.7. The van der Waals surface area contributed by atoms with E-state index in [9.17, 15) is 5.11 Å². The Kier molecular flexibility index (Phi) is 6.78. The number of unbranched alkanes of at least 4 members (excludes halogenated alkanes) is 1. The van der Waals surface area contributed by atoms with Crippen molar-refractivity contribution in [2.24, 2.45) is 5.92 Å². The van der Waals surface area contributed by atoms with Crippen LogP contribution in [0.1, 0.15) is 39.5 Å². The van der Waals surface area contributed by atoms with Gasteiger partial charge in [-0.1, -0.05) is 39.2 Å².